The molecule has 0 amide bonds. The van der Waals surface area contributed by atoms with E-state index in [1.54, 1.807) is 6.92 Å². The number of hydrogen-bond donors (Lipinski definition) is 0. The van der Waals surface area contributed by atoms with Crippen molar-refractivity contribution in [1.82, 2.24) is 9.88 Å². The maximum Gasteiger partial charge on any atom is 0.208 e. The normalized spacial score (nSPS) is 25.0. The summed E-state index contributed by atoms with van der Waals surface area (Å²) in [6.07, 6.45) is 0. The van der Waals surface area contributed by atoms with E-state index in [9.17, 15) is 8.42 Å². The molecule has 1 fully saturated rings. The minimum absolute atomic E-state index is 0.229. The van der Waals surface area contributed by atoms with Gasteiger partial charge in [-0.05, 0) is 20.8 Å². The summed E-state index contributed by atoms with van der Waals surface area (Å²) in [6.45, 7) is 7.26. The molecule has 1 aliphatic rings. The first-order valence-corrected chi connectivity index (χ1v) is 7.47. The van der Waals surface area contributed by atoms with Crippen LogP contribution in [-0.4, -0.2) is 42.4 Å². The van der Waals surface area contributed by atoms with Crippen LogP contribution in [0.1, 0.15) is 24.3 Å². The van der Waals surface area contributed by atoms with Crippen LogP contribution < -0.4 is 0 Å². The quantitative estimate of drug-likeness (QED) is 0.789. The van der Waals surface area contributed by atoms with Gasteiger partial charge in [0.15, 0.2) is 9.84 Å². The fourth-order valence-corrected chi connectivity index (χ4v) is 3.32. The molecule has 17 heavy (non-hydrogen) atoms. The van der Waals surface area contributed by atoms with Crippen LogP contribution in [0.4, 0.5) is 0 Å². The maximum absolute atomic E-state index is 11.6. The first-order valence-electron chi connectivity index (χ1n) is 5.75. The van der Waals surface area contributed by atoms with Gasteiger partial charge < -0.3 is 4.42 Å². The Kier molecular flexibility index (Phi) is 3.27. The molecular formula is C11H18N2O3S. The van der Waals surface area contributed by atoms with Gasteiger partial charge in [-0.2, -0.15) is 0 Å². The second-order valence-corrected chi connectivity index (χ2v) is 7.20. The fourth-order valence-electron chi connectivity index (χ4n) is 1.97. The lowest BCUT2D eigenvalue weighted by atomic mass is 10.4. The molecule has 0 spiro atoms. The summed E-state index contributed by atoms with van der Waals surface area (Å²) < 4.78 is 28.6. The zero-order chi connectivity index (χ0) is 12.6. The van der Waals surface area contributed by atoms with Crippen molar-refractivity contribution >= 4 is 9.84 Å². The zero-order valence-electron chi connectivity index (χ0n) is 10.4. The predicted octanol–water partition coefficient (Wildman–Crippen LogP) is 0.910. The number of aryl methyl sites for hydroxylation is 2. The van der Waals surface area contributed by atoms with Crippen molar-refractivity contribution in [3.05, 3.63) is 17.3 Å². The van der Waals surface area contributed by atoms with Gasteiger partial charge in [-0.1, -0.05) is 0 Å². The number of sulfone groups is 1. The Morgan fingerprint density at radius 2 is 2.18 bits per heavy atom. The van der Waals surface area contributed by atoms with Gasteiger partial charge in [-0.3, -0.25) is 4.90 Å². The van der Waals surface area contributed by atoms with E-state index in [0.29, 0.717) is 25.5 Å². The van der Waals surface area contributed by atoms with Crippen molar-refractivity contribution in [3.8, 4) is 0 Å². The average Bonchev–Trinajstić information content (AvgIpc) is 2.53. The smallest absolute Gasteiger partial charge is 0.208 e. The summed E-state index contributed by atoms with van der Waals surface area (Å²) >= 11 is 0. The highest BCUT2D eigenvalue weighted by Crippen LogP contribution is 2.16. The van der Waals surface area contributed by atoms with Crippen molar-refractivity contribution in [2.24, 2.45) is 0 Å². The molecule has 96 valence electrons. The van der Waals surface area contributed by atoms with Gasteiger partial charge in [0, 0.05) is 13.1 Å². The van der Waals surface area contributed by atoms with Crippen molar-refractivity contribution in [2.75, 3.05) is 18.8 Å². The first-order chi connectivity index (χ1) is 7.88. The van der Waals surface area contributed by atoms with Crippen molar-refractivity contribution in [2.45, 2.75) is 32.6 Å². The van der Waals surface area contributed by atoms with E-state index in [-0.39, 0.29) is 11.0 Å². The molecule has 1 aromatic heterocycles. The van der Waals surface area contributed by atoms with Gasteiger partial charge in [0.25, 0.3) is 0 Å². The lowest BCUT2D eigenvalue weighted by Crippen LogP contribution is -2.44. The Morgan fingerprint density at radius 1 is 1.47 bits per heavy atom. The Labute approximate surface area is 102 Å². The molecule has 1 atom stereocenters. The summed E-state index contributed by atoms with van der Waals surface area (Å²) in [4.78, 5) is 6.39. The molecule has 0 aromatic carbocycles. The molecule has 1 saturated heterocycles. The standard InChI is InChI=1S/C11H18N2O3S/c1-8-6-13(4-5-17(8,14)15)7-11-12-9(2)10(3)16-11/h8H,4-7H2,1-3H3/t8-/m0/s1. The number of hydrogen-bond acceptors (Lipinski definition) is 5. The summed E-state index contributed by atoms with van der Waals surface area (Å²) in [6, 6.07) is 0. The molecule has 0 radical (unpaired) electrons. The third-order valence-electron chi connectivity index (χ3n) is 3.25. The molecule has 0 N–H and O–H groups in total. The lowest BCUT2D eigenvalue weighted by Gasteiger charge is -2.29. The van der Waals surface area contributed by atoms with E-state index in [1.807, 2.05) is 13.8 Å². The number of aromatic nitrogens is 1. The molecule has 0 aliphatic carbocycles. The Balaban J connectivity index is 2.02. The van der Waals surface area contributed by atoms with Gasteiger partial charge >= 0.3 is 0 Å². The molecule has 2 heterocycles. The molecule has 6 heteroatoms. The van der Waals surface area contributed by atoms with Gasteiger partial charge in [-0.15, -0.1) is 0 Å². The summed E-state index contributed by atoms with van der Waals surface area (Å²) in [5.41, 5.74) is 0.901. The van der Waals surface area contributed by atoms with Crippen LogP contribution in [0.15, 0.2) is 4.42 Å². The molecule has 2 rings (SSSR count). The molecule has 0 bridgehead atoms. The highest BCUT2D eigenvalue weighted by atomic mass is 32.2. The fraction of sp³-hybridized carbons (Fsp3) is 0.727. The largest absolute Gasteiger partial charge is 0.444 e. The number of oxazole rings is 1. The lowest BCUT2D eigenvalue weighted by molar-refractivity contribution is 0.241. The summed E-state index contributed by atoms with van der Waals surface area (Å²) in [5.74, 6) is 1.73. The van der Waals surface area contributed by atoms with Crippen LogP contribution in [0, 0.1) is 13.8 Å². The van der Waals surface area contributed by atoms with Gasteiger partial charge in [-0.25, -0.2) is 13.4 Å². The van der Waals surface area contributed by atoms with E-state index in [4.69, 9.17) is 4.42 Å². The third-order valence-corrected chi connectivity index (χ3v) is 5.38. The maximum atomic E-state index is 11.6. The van der Waals surface area contributed by atoms with Crippen molar-refractivity contribution in [3.63, 3.8) is 0 Å². The van der Waals surface area contributed by atoms with Crippen LogP contribution >= 0.6 is 0 Å². The van der Waals surface area contributed by atoms with Gasteiger partial charge in [0.05, 0.1) is 23.2 Å². The minimum atomic E-state index is -2.88. The Hall–Kier alpha value is -0.880. The highest BCUT2D eigenvalue weighted by Gasteiger charge is 2.29. The molecule has 1 aromatic rings. The van der Waals surface area contributed by atoms with Crippen LogP contribution in [0.2, 0.25) is 0 Å². The summed E-state index contributed by atoms with van der Waals surface area (Å²) in [7, 11) is -2.88. The van der Waals surface area contributed by atoms with E-state index in [0.717, 1.165) is 11.5 Å². The predicted molar refractivity (Wildman–Crippen MR) is 64.5 cm³/mol. The van der Waals surface area contributed by atoms with Crippen molar-refractivity contribution in [1.29, 1.82) is 0 Å². The van der Waals surface area contributed by atoms with E-state index in [1.165, 1.54) is 0 Å². The van der Waals surface area contributed by atoms with E-state index < -0.39 is 9.84 Å². The SMILES string of the molecule is Cc1nc(CN2CCS(=O)(=O)[C@@H](C)C2)oc1C. The topological polar surface area (TPSA) is 63.4 Å². The van der Waals surface area contributed by atoms with Gasteiger partial charge in [0.1, 0.15) is 5.76 Å². The average molecular weight is 258 g/mol. The molecule has 1 aliphatic heterocycles. The number of nitrogens with zero attached hydrogens (tertiary/aromatic N) is 2. The molecular weight excluding hydrogens is 240 g/mol. The monoisotopic (exact) mass is 258 g/mol. The number of rotatable bonds is 2. The molecule has 5 nitrogen and oxygen atoms in total. The van der Waals surface area contributed by atoms with E-state index >= 15 is 0 Å². The second kappa shape index (κ2) is 4.42. The Bertz CT molecular complexity index is 487. The van der Waals surface area contributed by atoms with Crippen LogP contribution in [0.25, 0.3) is 0 Å². The third kappa shape index (κ3) is 2.69. The first kappa shape index (κ1) is 12.6. The zero-order valence-corrected chi connectivity index (χ0v) is 11.2. The summed E-state index contributed by atoms with van der Waals surface area (Å²) in [5, 5.41) is -0.298. The van der Waals surface area contributed by atoms with Crippen LogP contribution in [-0.2, 0) is 16.4 Å². The van der Waals surface area contributed by atoms with E-state index in [2.05, 4.69) is 9.88 Å². The minimum Gasteiger partial charge on any atom is -0.444 e. The highest BCUT2D eigenvalue weighted by molar-refractivity contribution is 7.92. The van der Waals surface area contributed by atoms with Crippen molar-refractivity contribution < 1.29 is 12.8 Å². The molecule has 0 saturated carbocycles. The van der Waals surface area contributed by atoms with Crippen LogP contribution in [0.3, 0.4) is 0 Å². The molecule has 0 unspecified atom stereocenters. The Morgan fingerprint density at radius 3 is 2.71 bits per heavy atom. The second-order valence-electron chi connectivity index (χ2n) is 4.66. The van der Waals surface area contributed by atoms with Gasteiger partial charge in [0.2, 0.25) is 5.89 Å². The van der Waals surface area contributed by atoms with Crippen LogP contribution in [0.5, 0.6) is 0 Å².